The molecule has 4 heteroatoms. The van der Waals surface area contributed by atoms with Gasteiger partial charge in [0.25, 0.3) is 0 Å². The first kappa shape index (κ1) is 11.5. The van der Waals surface area contributed by atoms with Gasteiger partial charge in [-0.05, 0) is 6.26 Å². The van der Waals surface area contributed by atoms with Gasteiger partial charge in [0.2, 0.25) is 0 Å². The number of hydrogen-bond acceptors (Lipinski definition) is 3. The average molecular weight is 196 g/mol. The van der Waals surface area contributed by atoms with Crippen LogP contribution in [0.1, 0.15) is 20.8 Å². The van der Waals surface area contributed by atoms with Crippen molar-refractivity contribution in [3.8, 4) is 0 Å². The highest BCUT2D eigenvalue weighted by molar-refractivity contribution is 7.98. The van der Waals surface area contributed by atoms with E-state index >= 15 is 0 Å². The third-order valence-corrected chi connectivity index (χ3v) is 3.40. The first-order valence-corrected chi connectivity index (χ1v) is 6.35. The van der Waals surface area contributed by atoms with Gasteiger partial charge in [-0.25, -0.2) is 0 Å². The average Bonchev–Trinajstić information content (AvgIpc) is 1.86. The quantitative estimate of drug-likeness (QED) is 0.510. The predicted octanol–water partition coefficient (Wildman–Crippen LogP) is 2.64. The fraction of sp³-hybridized carbons (Fsp3) is 1.00. The first-order chi connectivity index (χ1) is 4.98. The molecule has 0 spiro atoms. The Morgan fingerprint density at radius 2 is 2.00 bits per heavy atom. The zero-order valence-electron chi connectivity index (χ0n) is 7.64. The van der Waals surface area contributed by atoms with E-state index in [0.29, 0.717) is 6.61 Å². The maximum absolute atomic E-state index is 11.3. The molecule has 0 amide bonds. The zero-order chi connectivity index (χ0) is 8.91. The summed E-state index contributed by atoms with van der Waals surface area (Å²) >= 11 is 1.71. The summed E-state index contributed by atoms with van der Waals surface area (Å²) in [5, 5.41) is -0.178. The maximum Gasteiger partial charge on any atom is 0.196 e. The van der Waals surface area contributed by atoms with Crippen molar-refractivity contribution < 1.29 is 9.09 Å². The number of rotatable bonds is 4. The molecule has 0 aromatic rings. The normalized spacial score (nSPS) is 14.9. The summed E-state index contributed by atoms with van der Waals surface area (Å²) in [6.45, 7) is 6.42. The zero-order valence-corrected chi connectivity index (χ0v) is 9.46. The highest BCUT2D eigenvalue weighted by Gasteiger charge is 2.19. The molecule has 0 aliphatic heterocycles. The van der Waals surface area contributed by atoms with Gasteiger partial charge in [-0.3, -0.25) is 4.57 Å². The van der Waals surface area contributed by atoms with E-state index in [4.69, 9.17) is 4.52 Å². The fourth-order valence-electron chi connectivity index (χ4n) is 0.434. The Morgan fingerprint density at radius 3 is 2.36 bits per heavy atom. The molecule has 0 aromatic heterocycles. The second-order valence-electron chi connectivity index (χ2n) is 3.38. The molecule has 1 atom stereocenters. The highest BCUT2D eigenvalue weighted by Crippen LogP contribution is 2.38. The second-order valence-corrected chi connectivity index (χ2v) is 6.73. The van der Waals surface area contributed by atoms with Gasteiger partial charge in [-0.1, -0.05) is 20.8 Å². The molecule has 0 N–H and O–H groups in total. The van der Waals surface area contributed by atoms with Crippen molar-refractivity contribution in [3.05, 3.63) is 0 Å². The van der Waals surface area contributed by atoms with Crippen LogP contribution in [-0.4, -0.2) is 23.8 Å². The minimum Gasteiger partial charge on any atom is -0.329 e. The predicted molar refractivity (Wildman–Crippen MR) is 53.1 cm³/mol. The van der Waals surface area contributed by atoms with Crippen molar-refractivity contribution in [1.29, 1.82) is 0 Å². The van der Waals surface area contributed by atoms with Gasteiger partial charge in [-0.15, -0.1) is 0 Å². The first-order valence-electron chi connectivity index (χ1n) is 3.64. The summed E-state index contributed by atoms with van der Waals surface area (Å²) in [6, 6.07) is 0. The van der Waals surface area contributed by atoms with Crippen molar-refractivity contribution >= 4 is 19.8 Å². The molecule has 0 aliphatic rings. The Morgan fingerprint density at radius 1 is 1.45 bits per heavy atom. The van der Waals surface area contributed by atoms with Crippen LogP contribution in [0.2, 0.25) is 0 Å². The van der Waals surface area contributed by atoms with Crippen LogP contribution >= 0.6 is 19.8 Å². The van der Waals surface area contributed by atoms with Crippen LogP contribution in [-0.2, 0) is 9.09 Å². The fourth-order valence-corrected chi connectivity index (χ4v) is 1.55. The van der Waals surface area contributed by atoms with Gasteiger partial charge >= 0.3 is 0 Å². The molecule has 2 nitrogen and oxygen atoms in total. The Labute approximate surface area is 74.0 Å². The third kappa shape index (κ3) is 5.77. The monoisotopic (exact) mass is 196 g/mol. The van der Waals surface area contributed by atoms with Gasteiger partial charge in [0.1, 0.15) is 0 Å². The molecule has 0 heterocycles. The van der Waals surface area contributed by atoms with Crippen LogP contribution in [0.5, 0.6) is 0 Å². The molecule has 0 fully saturated rings. The summed E-state index contributed by atoms with van der Waals surface area (Å²) in [5.74, 6) is 0.923. The molecule has 1 unspecified atom stereocenters. The maximum atomic E-state index is 11.3. The van der Waals surface area contributed by atoms with Crippen LogP contribution < -0.4 is 0 Å². The third-order valence-electron chi connectivity index (χ3n) is 1.13. The topological polar surface area (TPSA) is 26.3 Å². The van der Waals surface area contributed by atoms with E-state index < -0.39 is 8.03 Å². The molecule has 68 valence electrons. The summed E-state index contributed by atoms with van der Waals surface area (Å²) in [6.07, 6.45) is 2.01. The Bertz CT molecular complexity index is 131. The van der Waals surface area contributed by atoms with Gasteiger partial charge in [0.05, 0.1) is 6.61 Å². The van der Waals surface area contributed by atoms with Crippen LogP contribution in [0.25, 0.3) is 0 Å². The van der Waals surface area contributed by atoms with Gasteiger partial charge in [0, 0.05) is 10.9 Å². The minimum atomic E-state index is -1.84. The molecule has 0 radical (unpaired) electrons. The molecular weight excluding hydrogens is 179 g/mol. The Hall–Kier alpha value is 0.540. The van der Waals surface area contributed by atoms with Crippen molar-refractivity contribution in [2.75, 3.05) is 18.6 Å². The van der Waals surface area contributed by atoms with Crippen LogP contribution in [0.3, 0.4) is 0 Å². The lowest BCUT2D eigenvalue weighted by molar-refractivity contribution is 0.339. The smallest absolute Gasteiger partial charge is 0.196 e. The summed E-state index contributed by atoms with van der Waals surface area (Å²) < 4.78 is 16.5. The van der Waals surface area contributed by atoms with Crippen LogP contribution in [0.4, 0.5) is 0 Å². The molecule has 0 saturated heterocycles. The molecule has 11 heavy (non-hydrogen) atoms. The lowest BCUT2D eigenvalue weighted by atomic mass is 10.3. The van der Waals surface area contributed by atoms with E-state index in [2.05, 4.69) is 0 Å². The van der Waals surface area contributed by atoms with E-state index in [0.717, 1.165) is 5.75 Å². The summed E-state index contributed by atoms with van der Waals surface area (Å²) in [7, 11) is -1.84. The van der Waals surface area contributed by atoms with Crippen LogP contribution in [0, 0.1) is 0 Å². The molecule has 0 aliphatic carbocycles. The highest BCUT2D eigenvalue weighted by atomic mass is 32.2. The van der Waals surface area contributed by atoms with E-state index in [1.165, 1.54) is 0 Å². The second kappa shape index (κ2) is 5.23. The minimum absolute atomic E-state index is 0.178. The molecule has 0 bridgehead atoms. The van der Waals surface area contributed by atoms with E-state index in [9.17, 15) is 4.57 Å². The van der Waals surface area contributed by atoms with Gasteiger partial charge in [0.15, 0.2) is 8.03 Å². The van der Waals surface area contributed by atoms with E-state index in [1.54, 1.807) is 11.8 Å². The van der Waals surface area contributed by atoms with Gasteiger partial charge in [-0.2, -0.15) is 11.8 Å². The summed E-state index contributed by atoms with van der Waals surface area (Å²) in [5.41, 5.74) is 0. The molecule has 0 rings (SSSR count). The summed E-state index contributed by atoms with van der Waals surface area (Å²) in [4.78, 5) is 0. The standard InChI is InChI=1S/C7H17O2PS/c1-7(2,3)10(8)9-5-6-11-4/h10H,5-6H2,1-4H3. The lowest BCUT2D eigenvalue weighted by Crippen LogP contribution is -2.09. The number of thioether (sulfide) groups is 1. The molecule has 0 saturated carbocycles. The lowest BCUT2D eigenvalue weighted by Gasteiger charge is -2.17. The van der Waals surface area contributed by atoms with Crippen molar-refractivity contribution in [2.24, 2.45) is 0 Å². The number of hydrogen-bond donors (Lipinski definition) is 0. The van der Waals surface area contributed by atoms with Crippen molar-refractivity contribution in [1.82, 2.24) is 0 Å². The largest absolute Gasteiger partial charge is 0.329 e. The van der Waals surface area contributed by atoms with Crippen molar-refractivity contribution in [2.45, 2.75) is 25.9 Å². The van der Waals surface area contributed by atoms with E-state index in [1.807, 2.05) is 27.0 Å². The van der Waals surface area contributed by atoms with Gasteiger partial charge < -0.3 is 4.52 Å². The molecular formula is C7H17O2PS. The SMILES string of the molecule is CSCCO[PH](=O)C(C)(C)C. The van der Waals surface area contributed by atoms with E-state index in [-0.39, 0.29) is 5.16 Å². The van der Waals surface area contributed by atoms with Crippen molar-refractivity contribution in [3.63, 3.8) is 0 Å². The van der Waals surface area contributed by atoms with Crippen LogP contribution in [0.15, 0.2) is 0 Å². The Kier molecular flexibility index (Phi) is 5.49. The Balaban J connectivity index is 3.54. The molecule has 0 aromatic carbocycles.